The van der Waals surface area contributed by atoms with Crippen molar-refractivity contribution in [2.45, 2.75) is 172 Å². The number of aliphatic hydroxyl groups is 6. The molecule has 3 saturated carbocycles. The average Bonchev–Trinajstić information content (AvgIpc) is 3.56. The highest BCUT2D eigenvalue weighted by Gasteiger charge is 2.68. The average molecular weight is 722 g/mol. The predicted molar refractivity (Wildman–Crippen MR) is 184 cm³/mol. The maximum atomic E-state index is 11.1. The highest BCUT2D eigenvalue weighted by atomic mass is 16.7. The Morgan fingerprint density at radius 1 is 0.843 bits per heavy atom. The molecule has 51 heavy (non-hydrogen) atoms. The monoisotopic (exact) mass is 721 g/mol. The Hall–Kier alpha value is -0.740. The summed E-state index contributed by atoms with van der Waals surface area (Å²) < 4.78 is 30.7. The Labute approximate surface area is 302 Å². The van der Waals surface area contributed by atoms with Crippen LogP contribution in [0.1, 0.15) is 92.4 Å². The first kappa shape index (κ1) is 37.2. The number of nitrogens with one attached hydrogen (secondary N) is 1. The number of ether oxygens (including phenoxy) is 5. The normalized spacial score (nSPS) is 58.4. The van der Waals surface area contributed by atoms with Gasteiger partial charge in [0.2, 0.25) is 0 Å². The van der Waals surface area contributed by atoms with Crippen molar-refractivity contribution in [2.75, 3.05) is 13.2 Å². The summed E-state index contributed by atoms with van der Waals surface area (Å²) in [5.41, 5.74) is 1.66. The number of rotatable bonds is 5. The Balaban J connectivity index is 0.915. The third-order valence-electron chi connectivity index (χ3n) is 15.8. The maximum absolute atomic E-state index is 11.1. The van der Waals surface area contributed by atoms with E-state index in [0.29, 0.717) is 47.0 Å². The highest BCUT2D eigenvalue weighted by molar-refractivity contribution is 5.26. The molecule has 0 bridgehead atoms. The fourth-order valence-electron chi connectivity index (χ4n) is 12.7. The number of hydrogen-bond donors (Lipinski definition) is 7. The second kappa shape index (κ2) is 13.5. The number of piperidine rings is 1. The number of allylic oxidation sites excluding steroid dienone is 1. The quantitative estimate of drug-likeness (QED) is 0.206. The summed E-state index contributed by atoms with van der Waals surface area (Å²) in [5, 5.41) is 67.0. The van der Waals surface area contributed by atoms with E-state index in [9.17, 15) is 30.6 Å². The first-order valence-corrected chi connectivity index (χ1v) is 20.0. The lowest BCUT2D eigenvalue weighted by Gasteiger charge is -2.59. The summed E-state index contributed by atoms with van der Waals surface area (Å²) in [6, 6.07) is 0. The van der Waals surface area contributed by atoms with Crippen molar-refractivity contribution in [3.05, 3.63) is 11.6 Å². The molecule has 7 N–H and O–H groups in total. The van der Waals surface area contributed by atoms with Crippen molar-refractivity contribution in [2.24, 2.45) is 46.3 Å². The number of aliphatic hydroxyl groups excluding tert-OH is 6. The molecule has 1 spiro atoms. The lowest BCUT2D eigenvalue weighted by atomic mass is 9.47. The number of hydrogen-bond acceptors (Lipinski definition) is 12. The van der Waals surface area contributed by atoms with Crippen molar-refractivity contribution in [1.82, 2.24) is 5.32 Å². The lowest BCUT2D eigenvalue weighted by Crippen LogP contribution is -2.64. The third-order valence-corrected chi connectivity index (χ3v) is 15.8. The third kappa shape index (κ3) is 5.84. The largest absolute Gasteiger partial charge is 0.394 e. The van der Waals surface area contributed by atoms with Gasteiger partial charge in [-0.1, -0.05) is 39.3 Å². The van der Waals surface area contributed by atoms with E-state index in [1.165, 1.54) is 38.2 Å². The zero-order valence-electron chi connectivity index (χ0n) is 31.0. The summed E-state index contributed by atoms with van der Waals surface area (Å²) in [6.07, 6.45) is -1.11. The van der Waals surface area contributed by atoms with E-state index in [1.807, 2.05) is 0 Å². The van der Waals surface area contributed by atoms with Crippen LogP contribution in [0.2, 0.25) is 0 Å². The van der Waals surface area contributed by atoms with Gasteiger partial charge in [0.25, 0.3) is 0 Å². The van der Waals surface area contributed by atoms with Crippen LogP contribution in [0.15, 0.2) is 11.6 Å². The summed E-state index contributed by atoms with van der Waals surface area (Å²) in [4.78, 5) is 0. The molecule has 8 rings (SSSR count). The maximum Gasteiger partial charge on any atom is 0.187 e. The SMILES string of the molecule is C[C@@H]1CCC2(NC1)O[C@H]1C[C@H]3[C@@H]4CC=C5C[C@@H](O[C@@H]6O[C@@H](CO)[C@H](O[C@@H]7O[C@H](C)[C@@H](O)[C@H](O)[C@H]7O)[C@@H](O)[C@H]6O)CC[C@]5(C)[C@H]4CC[C@]3(C)[C@H]1[C@@H]2C. The molecule has 7 fully saturated rings. The molecule has 8 aliphatic rings. The van der Waals surface area contributed by atoms with Crippen molar-refractivity contribution in [1.29, 1.82) is 0 Å². The molecule has 0 aromatic heterocycles. The van der Waals surface area contributed by atoms with Crippen LogP contribution >= 0.6 is 0 Å². The van der Waals surface area contributed by atoms with Gasteiger partial charge in [0.1, 0.15) is 48.5 Å². The summed E-state index contributed by atoms with van der Waals surface area (Å²) >= 11 is 0. The molecule has 12 heteroatoms. The van der Waals surface area contributed by atoms with Crippen molar-refractivity contribution in [3.8, 4) is 0 Å². The molecule has 4 aliphatic heterocycles. The van der Waals surface area contributed by atoms with Crippen LogP contribution in [0.25, 0.3) is 0 Å². The van der Waals surface area contributed by atoms with Gasteiger partial charge in [0.05, 0.1) is 24.9 Å². The molecule has 290 valence electrons. The van der Waals surface area contributed by atoms with Crippen LogP contribution in [0.3, 0.4) is 0 Å². The second-order valence-electron chi connectivity index (χ2n) is 18.4. The summed E-state index contributed by atoms with van der Waals surface area (Å²) in [6.45, 7) is 11.9. The molecular weight excluding hydrogens is 658 g/mol. The van der Waals surface area contributed by atoms with Crippen LogP contribution in [0.5, 0.6) is 0 Å². The Bertz CT molecular complexity index is 1310. The van der Waals surface area contributed by atoms with Gasteiger partial charge >= 0.3 is 0 Å². The van der Waals surface area contributed by atoms with Crippen LogP contribution in [-0.2, 0) is 23.7 Å². The minimum Gasteiger partial charge on any atom is -0.394 e. The molecular formula is C39H63NO11. The molecule has 0 amide bonds. The molecule has 4 heterocycles. The zero-order chi connectivity index (χ0) is 36.2. The fourth-order valence-corrected chi connectivity index (χ4v) is 12.7. The van der Waals surface area contributed by atoms with E-state index in [-0.39, 0.29) is 17.2 Å². The van der Waals surface area contributed by atoms with Crippen molar-refractivity contribution >= 4 is 0 Å². The Morgan fingerprint density at radius 3 is 2.31 bits per heavy atom. The standard InChI is InChI=1S/C39H63NO11/c1-18-8-13-39(40-16-18)19(2)28-26(51-39)15-25-23-7-6-21-14-22(9-11-37(21,4)24(23)10-12-38(25,28)5)48-36-33(46)31(44)34(27(17-41)49-36)50-35-32(45)30(43)29(42)20(3)47-35/h6,18-20,22-36,40-46H,7-17H2,1-5H3/t18-,19+,20-,22+,23-,24+,25+,26+,27+,28+,29-,30+,31+,32-,33-,34+,35+,36-,37+,38+,39?/m1/s1. The first-order chi connectivity index (χ1) is 24.2. The van der Waals surface area contributed by atoms with Gasteiger partial charge in [-0.2, -0.15) is 0 Å². The predicted octanol–water partition coefficient (Wildman–Crippen LogP) is 1.96. The first-order valence-electron chi connectivity index (χ1n) is 20.0. The molecule has 1 unspecified atom stereocenters. The summed E-state index contributed by atoms with van der Waals surface area (Å²) in [5.74, 6) is 3.74. The van der Waals surface area contributed by atoms with Gasteiger partial charge in [-0.15, -0.1) is 0 Å². The van der Waals surface area contributed by atoms with Gasteiger partial charge in [0, 0.05) is 12.5 Å². The van der Waals surface area contributed by atoms with E-state index in [0.717, 1.165) is 38.6 Å². The molecule has 12 nitrogen and oxygen atoms in total. The van der Waals surface area contributed by atoms with Gasteiger partial charge in [-0.25, -0.2) is 0 Å². The highest BCUT2D eigenvalue weighted by Crippen LogP contribution is 2.70. The molecule has 0 aromatic rings. The van der Waals surface area contributed by atoms with Crippen LogP contribution in [0, 0.1) is 46.3 Å². The van der Waals surface area contributed by atoms with E-state index in [2.05, 4.69) is 39.1 Å². The number of fused-ring (bicyclic) bond motifs is 7. The molecule has 4 aliphatic carbocycles. The minimum absolute atomic E-state index is 0.0881. The van der Waals surface area contributed by atoms with Crippen molar-refractivity contribution < 1.29 is 54.3 Å². The smallest absolute Gasteiger partial charge is 0.187 e. The van der Waals surface area contributed by atoms with Crippen molar-refractivity contribution in [3.63, 3.8) is 0 Å². The van der Waals surface area contributed by atoms with E-state index >= 15 is 0 Å². The molecule has 0 radical (unpaired) electrons. The van der Waals surface area contributed by atoms with E-state index < -0.39 is 68.0 Å². The summed E-state index contributed by atoms with van der Waals surface area (Å²) in [7, 11) is 0. The van der Waals surface area contributed by atoms with Gasteiger partial charge in [-0.05, 0) is 105 Å². The molecule has 4 saturated heterocycles. The van der Waals surface area contributed by atoms with Crippen LogP contribution in [-0.4, -0.2) is 123 Å². The lowest BCUT2D eigenvalue weighted by molar-refractivity contribution is -0.360. The molecule has 0 aromatic carbocycles. The van der Waals surface area contributed by atoms with E-state index in [4.69, 9.17) is 23.7 Å². The van der Waals surface area contributed by atoms with Gasteiger partial charge in [-0.3, -0.25) is 5.32 Å². The topological polar surface area (TPSA) is 180 Å². The van der Waals surface area contributed by atoms with Gasteiger partial charge in [0.15, 0.2) is 12.6 Å². The fraction of sp³-hybridized carbons (Fsp3) is 0.949. The van der Waals surface area contributed by atoms with Crippen LogP contribution < -0.4 is 5.32 Å². The molecule has 21 atom stereocenters. The zero-order valence-corrected chi connectivity index (χ0v) is 31.0. The van der Waals surface area contributed by atoms with Gasteiger partial charge < -0.3 is 54.3 Å². The van der Waals surface area contributed by atoms with E-state index in [1.54, 1.807) is 0 Å². The Kier molecular flexibility index (Phi) is 9.83. The minimum atomic E-state index is -1.60. The second-order valence-corrected chi connectivity index (χ2v) is 18.4. The van der Waals surface area contributed by atoms with Crippen LogP contribution in [0.4, 0.5) is 0 Å². The Morgan fingerprint density at radius 2 is 1.59 bits per heavy atom.